The lowest BCUT2D eigenvalue weighted by molar-refractivity contribution is -0.266. The van der Waals surface area contributed by atoms with Crippen molar-refractivity contribution in [2.45, 2.75) is 43.9 Å². The fourth-order valence-corrected chi connectivity index (χ4v) is 3.94. The van der Waals surface area contributed by atoms with Gasteiger partial charge in [-0.2, -0.15) is 13.2 Å². The number of methoxy groups -OCH3 is 1. The summed E-state index contributed by atoms with van der Waals surface area (Å²) in [4.78, 5) is 15.0. The highest BCUT2D eigenvalue weighted by molar-refractivity contribution is 5.78. The first-order valence-electron chi connectivity index (χ1n) is 9.60. The zero-order chi connectivity index (χ0) is 23.0. The van der Waals surface area contributed by atoms with Gasteiger partial charge in [0.2, 0.25) is 0 Å². The molecule has 0 spiro atoms. The Bertz CT molecular complexity index is 1150. The maximum Gasteiger partial charge on any atom is 0.417 e. The molecule has 2 N–H and O–H groups in total. The molecule has 0 bridgehead atoms. The van der Waals surface area contributed by atoms with E-state index in [1.54, 1.807) is 24.3 Å². The van der Waals surface area contributed by atoms with E-state index in [4.69, 9.17) is 4.74 Å². The number of ether oxygens (including phenoxy) is 1. The molecule has 0 fully saturated rings. The topological polar surface area (TPSA) is 62.3 Å². The maximum atomic E-state index is 14.1. The first-order valence-corrected chi connectivity index (χ1v) is 9.60. The molecule has 0 radical (unpaired) electrons. The van der Waals surface area contributed by atoms with Crippen LogP contribution in [0.25, 0.3) is 10.9 Å². The largest absolute Gasteiger partial charge is 0.496 e. The van der Waals surface area contributed by atoms with Crippen LogP contribution in [0.15, 0.2) is 53.3 Å². The zero-order valence-electron chi connectivity index (χ0n) is 17.3. The molecule has 0 saturated carbocycles. The lowest BCUT2D eigenvalue weighted by Crippen LogP contribution is -2.51. The van der Waals surface area contributed by atoms with E-state index < -0.39 is 41.4 Å². The van der Waals surface area contributed by atoms with Crippen LogP contribution < -0.4 is 10.3 Å². The van der Waals surface area contributed by atoms with Crippen molar-refractivity contribution in [3.05, 3.63) is 75.8 Å². The van der Waals surface area contributed by atoms with Gasteiger partial charge in [0.25, 0.3) is 5.56 Å². The summed E-state index contributed by atoms with van der Waals surface area (Å²) in [5.41, 5.74) is -4.80. The van der Waals surface area contributed by atoms with E-state index in [2.05, 4.69) is 4.98 Å². The molecule has 1 atom stereocenters. The molecule has 166 valence electrons. The Hall–Kier alpha value is -2.87. The van der Waals surface area contributed by atoms with E-state index in [1.807, 2.05) is 0 Å². The minimum atomic E-state index is -5.04. The Labute approximate surface area is 176 Å². The number of aromatic amines is 1. The molecule has 0 aliphatic carbocycles. The van der Waals surface area contributed by atoms with Crippen LogP contribution in [0, 0.1) is 5.82 Å². The van der Waals surface area contributed by atoms with Crippen LogP contribution >= 0.6 is 0 Å². The third kappa shape index (κ3) is 4.58. The van der Waals surface area contributed by atoms with Crippen LogP contribution in [0.2, 0.25) is 0 Å². The summed E-state index contributed by atoms with van der Waals surface area (Å²) in [7, 11) is 1.33. The Kier molecular flexibility index (Phi) is 5.88. The van der Waals surface area contributed by atoms with Crippen molar-refractivity contribution in [1.82, 2.24) is 4.98 Å². The maximum absolute atomic E-state index is 14.1. The second-order valence-electron chi connectivity index (χ2n) is 8.32. The molecule has 3 aromatic rings. The summed E-state index contributed by atoms with van der Waals surface area (Å²) in [6.45, 7) is 2.93. The number of benzene rings is 2. The van der Waals surface area contributed by atoms with Gasteiger partial charge in [0.15, 0.2) is 5.60 Å². The van der Waals surface area contributed by atoms with Gasteiger partial charge >= 0.3 is 6.18 Å². The van der Waals surface area contributed by atoms with Crippen molar-refractivity contribution in [3.63, 3.8) is 0 Å². The summed E-state index contributed by atoms with van der Waals surface area (Å²) >= 11 is 0. The average molecular weight is 437 g/mol. The number of H-pyrrole nitrogens is 1. The summed E-state index contributed by atoms with van der Waals surface area (Å²) in [6.07, 6.45) is -6.80. The van der Waals surface area contributed by atoms with Gasteiger partial charge in [-0.3, -0.25) is 4.79 Å². The highest BCUT2D eigenvalue weighted by Crippen LogP contribution is 2.45. The van der Waals surface area contributed by atoms with Crippen molar-refractivity contribution in [1.29, 1.82) is 0 Å². The Balaban J connectivity index is 2.05. The van der Waals surface area contributed by atoms with E-state index in [0.29, 0.717) is 10.9 Å². The molecule has 1 unspecified atom stereocenters. The number of halogens is 4. The van der Waals surface area contributed by atoms with E-state index >= 15 is 0 Å². The first-order chi connectivity index (χ1) is 14.4. The third-order valence-electron chi connectivity index (χ3n) is 5.47. The fourth-order valence-electron chi connectivity index (χ4n) is 3.94. The van der Waals surface area contributed by atoms with Crippen LogP contribution in [0.3, 0.4) is 0 Å². The number of aliphatic hydroxyl groups is 1. The summed E-state index contributed by atoms with van der Waals surface area (Å²) in [6, 6.07) is 11.6. The number of hydrogen-bond donors (Lipinski definition) is 2. The molecule has 2 aromatic carbocycles. The zero-order valence-corrected chi connectivity index (χ0v) is 17.3. The minimum absolute atomic E-state index is 0.185. The van der Waals surface area contributed by atoms with Crippen molar-refractivity contribution in [2.24, 2.45) is 0 Å². The molecule has 3 rings (SSSR count). The average Bonchev–Trinajstić information content (AvgIpc) is 2.67. The second-order valence-corrected chi connectivity index (χ2v) is 8.32. The normalized spacial score (nSPS) is 14.5. The van der Waals surface area contributed by atoms with Crippen LogP contribution in [-0.2, 0) is 11.8 Å². The quantitative estimate of drug-likeness (QED) is 0.541. The molecule has 8 heteroatoms. The van der Waals surface area contributed by atoms with Crippen LogP contribution in [0.5, 0.6) is 5.75 Å². The van der Waals surface area contributed by atoms with E-state index in [9.17, 15) is 27.5 Å². The lowest BCUT2D eigenvalue weighted by atomic mass is 9.72. The van der Waals surface area contributed by atoms with Crippen molar-refractivity contribution in [2.75, 3.05) is 7.11 Å². The highest BCUT2D eigenvalue weighted by Gasteiger charge is 2.56. The standard InChI is InChI=1S/C23H23F4NO3/c1-21(2,17-11-16(24)8-9-19(17)31-3)13-22(30,23(25,26)27)12-15-10-14-6-4-5-7-18(14)28-20(15)29/h4-11,30H,12-13H2,1-3H3,(H,28,29). The first kappa shape index (κ1) is 22.8. The smallest absolute Gasteiger partial charge is 0.417 e. The summed E-state index contributed by atoms with van der Waals surface area (Å²) < 4.78 is 61.3. The van der Waals surface area contributed by atoms with Crippen LogP contribution in [-0.4, -0.2) is 29.0 Å². The van der Waals surface area contributed by atoms with Gasteiger partial charge in [-0.25, -0.2) is 4.39 Å². The molecule has 31 heavy (non-hydrogen) atoms. The molecule has 1 heterocycles. The monoisotopic (exact) mass is 437 g/mol. The van der Waals surface area contributed by atoms with Gasteiger partial charge in [-0.1, -0.05) is 32.0 Å². The van der Waals surface area contributed by atoms with Crippen LogP contribution in [0.1, 0.15) is 31.4 Å². The Morgan fingerprint density at radius 2 is 1.74 bits per heavy atom. The molecule has 0 aliphatic heterocycles. The van der Waals surface area contributed by atoms with E-state index in [-0.39, 0.29) is 16.9 Å². The van der Waals surface area contributed by atoms with Gasteiger partial charge in [0.1, 0.15) is 11.6 Å². The number of pyridine rings is 1. The highest BCUT2D eigenvalue weighted by atomic mass is 19.4. The third-order valence-corrected chi connectivity index (χ3v) is 5.47. The molecule has 0 saturated heterocycles. The molecule has 0 amide bonds. The Morgan fingerprint density at radius 3 is 2.39 bits per heavy atom. The van der Waals surface area contributed by atoms with Crippen molar-refractivity contribution >= 4 is 10.9 Å². The SMILES string of the molecule is COc1ccc(F)cc1C(C)(C)CC(O)(Cc1cc2ccccc2[nH]c1=O)C(F)(F)F. The van der Waals surface area contributed by atoms with E-state index in [0.717, 1.165) is 12.1 Å². The van der Waals surface area contributed by atoms with Crippen molar-refractivity contribution < 1.29 is 27.4 Å². The van der Waals surface area contributed by atoms with Crippen molar-refractivity contribution in [3.8, 4) is 5.75 Å². The fraction of sp³-hybridized carbons (Fsp3) is 0.348. The summed E-state index contributed by atoms with van der Waals surface area (Å²) in [5.74, 6) is -0.426. The number of rotatable bonds is 6. The lowest BCUT2D eigenvalue weighted by Gasteiger charge is -2.38. The van der Waals surface area contributed by atoms with E-state index in [1.165, 1.54) is 33.1 Å². The number of hydrogen-bond acceptors (Lipinski definition) is 3. The van der Waals surface area contributed by atoms with Gasteiger partial charge in [-0.15, -0.1) is 0 Å². The van der Waals surface area contributed by atoms with Gasteiger partial charge < -0.3 is 14.8 Å². The van der Waals surface area contributed by atoms with Gasteiger partial charge in [0.05, 0.1) is 7.11 Å². The van der Waals surface area contributed by atoms with Gasteiger partial charge in [0, 0.05) is 23.1 Å². The molecular weight excluding hydrogens is 414 g/mol. The van der Waals surface area contributed by atoms with Crippen LogP contribution in [0.4, 0.5) is 17.6 Å². The Morgan fingerprint density at radius 1 is 1.06 bits per heavy atom. The molecule has 1 aromatic heterocycles. The molecular formula is C23H23F4NO3. The molecule has 4 nitrogen and oxygen atoms in total. The number of nitrogens with one attached hydrogen (secondary N) is 1. The number of alkyl halides is 3. The van der Waals surface area contributed by atoms with Gasteiger partial charge in [-0.05, 0) is 47.6 Å². The number of aromatic nitrogens is 1. The minimum Gasteiger partial charge on any atom is -0.496 e. The predicted octanol–water partition coefficient (Wildman–Crippen LogP) is 4.88. The number of fused-ring (bicyclic) bond motifs is 1. The summed E-state index contributed by atoms with van der Waals surface area (Å²) in [5, 5.41) is 11.4. The second kappa shape index (κ2) is 8.00. The molecule has 0 aliphatic rings. The number of para-hydroxylation sites is 1. The predicted molar refractivity (Wildman–Crippen MR) is 110 cm³/mol.